The van der Waals surface area contributed by atoms with Crippen molar-refractivity contribution in [2.75, 3.05) is 60.0 Å². The molecule has 2 aliphatic rings. The van der Waals surface area contributed by atoms with E-state index >= 15 is 0 Å². The van der Waals surface area contributed by atoms with Crippen LogP contribution in [0.25, 0.3) is 0 Å². The van der Waals surface area contributed by atoms with Gasteiger partial charge in [0.05, 0.1) is 5.60 Å². The average molecular weight is 362 g/mol. The SMILES string of the molecule is CN(C)C[C@@]1(O)CCN(Cc2ccccc2OCCN2CCCCC2)C1. The zero-order chi connectivity index (χ0) is 18.4. The van der Waals surface area contributed by atoms with E-state index in [4.69, 9.17) is 4.74 Å². The van der Waals surface area contributed by atoms with Crippen molar-refractivity contribution < 1.29 is 9.84 Å². The molecule has 146 valence electrons. The van der Waals surface area contributed by atoms with Crippen LogP contribution >= 0.6 is 0 Å². The molecule has 1 atom stereocenters. The molecule has 0 unspecified atom stereocenters. The molecule has 2 fully saturated rings. The number of hydrogen-bond acceptors (Lipinski definition) is 5. The van der Waals surface area contributed by atoms with Crippen LogP contribution in [-0.4, -0.2) is 85.4 Å². The van der Waals surface area contributed by atoms with Crippen molar-refractivity contribution in [3.8, 4) is 5.75 Å². The van der Waals surface area contributed by atoms with Gasteiger partial charge in [0, 0.05) is 38.3 Å². The highest BCUT2D eigenvalue weighted by atomic mass is 16.5. The Morgan fingerprint density at radius 3 is 2.62 bits per heavy atom. The molecular weight excluding hydrogens is 326 g/mol. The summed E-state index contributed by atoms with van der Waals surface area (Å²) in [5.74, 6) is 0.993. The minimum Gasteiger partial charge on any atom is -0.492 e. The molecule has 0 radical (unpaired) electrons. The lowest BCUT2D eigenvalue weighted by molar-refractivity contribution is 0.0239. The summed E-state index contributed by atoms with van der Waals surface area (Å²) in [6, 6.07) is 8.36. The highest BCUT2D eigenvalue weighted by Gasteiger charge is 2.36. The topological polar surface area (TPSA) is 39.2 Å². The minimum atomic E-state index is -0.590. The van der Waals surface area contributed by atoms with E-state index in [2.05, 4.69) is 32.9 Å². The van der Waals surface area contributed by atoms with Gasteiger partial charge in [-0.15, -0.1) is 0 Å². The molecule has 1 aromatic carbocycles. The van der Waals surface area contributed by atoms with E-state index in [1.54, 1.807) is 0 Å². The third-order valence-corrected chi connectivity index (χ3v) is 5.50. The van der Waals surface area contributed by atoms with Crippen LogP contribution in [0.2, 0.25) is 0 Å². The fourth-order valence-electron chi connectivity index (χ4n) is 4.28. The summed E-state index contributed by atoms with van der Waals surface area (Å²) in [6.45, 7) is 7.42. The number of aliphatic hydroxyl groups is 1. The predicted molar refractivity (Wildman–Crippen MR) is 106 cm³/mol. The van der Waals surface area contributed by atoms with E-state index in [0.29, 0.717) is 0 Å². The summed E-state index contributed by atoms with van der Waals surface area (Å²) in [7, 11) is 4.04. The molecule has 3 rings (SSSR count). The normalized spacial score (nSPS) is 25.1. The van der Waals surface area contributed by atoms with Gasteiger partial charge >= 0.3 is 0 Å². The molecule has 1 N–H and O–H groups in total. The van der Waals surface area contributed by atoms with Crippen LogP contribution in [0, 0.1) is 0 Å². The molecule has 0 saturated carbocycles. The van der Waals surface area contributed by atoms with Crippen molar-refractivity contribution in [1.29, 1.82) is 0 Å². The molecule has 2 saturated heterocycles. The monoisotopic (exact) mass is 361 g/mol. The van der Waals surface area contributed by atoms with Gasteiger partial charge in [0.15, 0.2) is 0 Å². The standard InChI is InChI=1S/C21H35N3O2/c1-22(2)17-21(25)10-13-24(18-21)16-19-8-4-5-9-20(19)26-15-14-23-11-6-3-7-12-23/h4-5,8-9,25H,3,6-7,10-18H2,1-2H3/t21-/m0/s1. The highest BCUT2D eigenvalue weighted by Crippen LogP contribution is 2.26. The highest BCUT2D eigenvalue weighted by molar-refractivity contribution is 5.33. The average Bonchev–Trinajstić information content (AvgIpc) is 2.97. The van der Waals surface area contributed by atoms with Gasteiger partial charge in [-0.2, -0.15) is 0 Å². The lowest BCUT2D eigenvalue weighted by Crippen LogP contribution is -2.42. The van der Waals surface area contributed by atoms with Crippen LogP contribution in [0.5, 0.6) is 5.75 Å². The van der Waals surface area contributed by atoms with Crippen molar-refractivity contribution in [3.05, 3.63) is 29.8 Å². The number of piperidine rings is 1. The van der Waals surface area contributed by atoms with Gasteiger partial charge in [-0.3, -0.25) is 9.80 Å². The maximum atomic E-state index is 10.7. The number of β-amino-alcohol motifs (C(OH)–C–C–N with tert-alkyl or cyclic N) is 1. The molecule has 0 bridgehead atoms. The lowest BCUT2D eigenvalue weighted by atomic mass is 10.0. The van der Waals surface area contributed by atoms with Crippen molar-refractivity contribution in [2.24, 2.45) is 0 Å². The van der Waals surface area contributed by atoms with Crippen molar-refractivity contribution >= 4 is 0 Å². The molecule has 26 heavy (non-hydrogen) atoms. The maximum absolute atomic E-state index is 10.7. The Balaban J connectivity index is 1.51. The Kier molecular flexibility index (Phi) is 6.92. The van der Waals surface area contributed by atoms with Gasteiger partial charge in [-0.25, -0.2) is 0 Å². The first-order valence-electron chi connectivity index (χ1n) is 10.1. The maximum Gasteiger partial charge on any atom is 0.123 e. The second-order valence-corrected chi connectivity index (χ2v) is 8.28. The van der Waals surface area contributed by atoms with E-state index < -0.39 is 5.60 Å². The van der Waals surface area contributed by atoms with Gasteiger partial charge < -0.3 is 14.7 Å². The number of likely N-dealkylation sites (tertiary alicyclic amines) is 2. The molecule has 5 heteroatoms. The first kappa shape index (κ1) is 19.6. The second-order valence-electron chi connectivity index (χ2n) is 8.28. The molecule has 1 aromatic rings. The summed E-state index contributed by atoms with van der Waals surface area (Å²) in [5, 5.41) is 10.7. The zero-order valence-electron chi connectivity index (χ0n) is 16.5. The number of hydrogen-bond donors (Lipinski definition) is 1. The summed E-state index contributed by atoms with van der Waals surface area (Å²) in [5.41, 5.74) is 0.633. The van der Waals surface area contributed by atoms with Gasteiger partial charge in [0.2, 0.25) is 0 Å². The van der Waals surface area contributed by atoms with E-state index in [9.17, 15) is 5.11 Å². The Morgan fingerprint density at radius 1 is 1.08 bits per heavy atom. The van der Waals surface area contributed by atoms with Gasteiger partial charge in [-0.05, 0) is 52.5 Å². The summed E-state index contributed by atoms with van der Waals surface area (Å²) in [4.78, 5) is 6.92. The van der Waals surface area contributed by atoms with Crippen LogP contribution in [0.4, 0.5) is 0 Å². The number of rotatable bonds is 8. The largest absolute Gasteiger partial charge is 0.492 e. The third kappa shape index (κ3) is 5.68. The van der Waals surface area contributed by atoms with Crippen LogP contribution in [-0.2, 0) is 6.54 Å². The first-order chi connectivity index (χ1) is 12.5. The van der Waals surface area contributed by atoms with E-state index in [0.717, 1.165) is 51.5 Å². The summed E-state index contributed by atoms with van der Waals surface area (Å²) >= 11 is 0. The van der Waals surface area contributed by atoms with Crippen molar-refractivity contribution in [1.82, 2.24) is 14.7 Å². The number of ether oxygens (including phenoxy) is 1. The van der Waals surface area contributed by atoms with Crippen LogP contribution in [0.1, 0.15) is 31.2 Å². The summed E-state index contributed by atoms with van der Waals surface area (Å²) in [6.07, 6.45) is 4.85. The number of para-hydroxylation sites is 1. The fraction of sp³-hybridized carbons (Fsp3) is 0.714. The predicted octanol–water partition coefficient (Wildman–Crippen LogP) is 2.05. The van der Waals surface area contributed by atoms with E-state index in [-0.39, 0.29) is 0 Å². The molecule has 2 aliphatic heterocycles. The quantitative estimate of drug-likeness (QED) is 0.767. The molecule has 5 nitrogen and oxygen atoms in total. The van der Waals surface area contributed by atoms with Gasteiger partial charge in [-0.1, -0.05) is 24.6 Å². The Hall–Kier alpha value is -1.14. The number of likely N-dealkylation sites (N-methyl/N-ethyl adjacent to an activating group) is 1. The van der Waals surface area contributed by atoms with E-state index in [1.165, 1.54) is 37.9 Å². The summed E-state index contributed by atoms with van der Waals surface area (Å²) < 4.78 is 6.13. The van der Waals surface area contributed by atoms with E-state index in [1.807, 2.05) is 20.2 Å². The number of nitrogens with zero attached hydrogens (tertiary/aromatic N) is 3. The number of benzene rings is 1. The van der Waals surface area contributed by atoms with Crippen LogP contribution in [0.15, 0.2) is 24.3 Å². The Bertz CT molecular complexity index is 560. The molecule has 0 amide bonds. The first-order valence-corrected chi connectivity index (χ1v) is 10.1. The molecule has 0 spiro atoms. The Labute approximate surface area is 158 Å². The minimum absolute atomic E-state index is 0.590. The van der Waals surface area contributed by atoms with Gasteiger partial charge in [0.1, 0.15) is 12.4 Å². The third-order valence-electron chi connectivity index (χ3n) is 5.50. The van der Waals surface area contributed by atoms with Crippen LogP contribution < -0.4 is 4.74 Å². The smallest absolute Gasteiger partial charge is 0.123 e. The van der Waals surface area contributed by atoms with Crippen molar-refractivity contribution in [3.63, 3.8) is 0 Å². The lowest BCUT2D eigenvalue weighted by Gasteiger charge is -2.27. The van der Waals surface area contributed by atoms with Gasteiger partial charge in [0.25, 0.3) is 0 Å². The van der Waals surface area contributed by atoms with Crippen molar-refractivity contribution in [2.45, 2.75) is 37.8 Å². The zero-order valence-corrected chi connectivity index (χ0v) is 16.5. The second kappa shape index (κ2) is 9.18. The van der Waals surface area contributed by atoms with Crippen LogP contribution in [0.3, 0.4) is 0 Å². The molecule has 2 heterocycles. The molecule has 0 aromatic heterocycles. The Morgan fingerprint density at radius 2 is 1.85 bits per heavy atom. The molecular formula is C21H35N3O2. The fourth-order valence-corrected chi connectivity index (χ4v) is 4.28. The molecule has 0 aliphatic carbocycles.